The number of halogens is 3. The quantitative estimate of drug-likeness (QED) is 0.368. The lowest BCUT2D eigenvalue weighted by Gasteiger charge is -2.05. The van der Waals surface area contributed by atoms with Crippen molar-refractivity contribution in [3.63, 3.8) is 0 Å². The Morgan fingerprint density at radius 1 is 1.67 bits per heavy atom. The van der Waals surface area contributed by atoms with Gasteiger partial charge in [0.05, 0.1) is 12.2 Å². The highest BCUT2D eigenvalue weighted by atomic mass is 79.9. The standard InChI is InChI=1S/C9H7BrF2N2O4/c1-2-18-9(15)5-3-4(7(11)12)6(10)13-8(5)14(16)17/h3,7H,2H2,1H3. The first kappa shape index (κ1) is 14.4. The van der Waals surface area contributed by atoms with Gasteiger partial charge >= 0.3 is 11.8 Å². The van der Waals surface area contributed by atoms with Gasteiger partial charge in [-0.2, -0.15) is 0 Å². The number of ether oxygens (including phenoxy) is 1. The number of hydrogen-bond acceptors (Lipinski definition) is 5. The third-order valence-electron chi connectivity index (χ3n) is 1.89. The fourth-order valence-electron chi connectivity index (χ4n) is 1.15. The number of alkyl halides is 2. The Kier molecular flexibility index (Phi) is 4.65. The highest BCUT2D eigenvalue weighted by molar-refractivity contribution is 9.10. The maximum Gasteiger partial charge on any atom is 0.379 e. The number of aromatic nitrogens is 1. The van der Waals surface area contributed by atoms with Crippen molar-refractivity contribution in [3.05, 3.63) is 31.9 Å². The predicted octanol–water partition coefficient (Wildman–Crippen LogP) is 2.87. The van der Waals surface area contributed by atoms with Crippen LogP contribution >= 0.6 is 15.9 Å². The van der Waals surface area contributed by atoms with E-state index in [0.717, 1.165) is 0 Å². The molecule has 0 bridgehead atoms. The maximum absolute atomic E-state index is 12.6. The number of hydrogen-bond donors (Lipinski definition) is 0. The molecule has 0 amide bonds. The number of pyridine rings is 1. The van der Waals surface area contributed by atoms with Crippen LogP contribution < -0.4 is 0 Å². The average molecular weight is 325 g/mol. The number of rotatable bonds is 4. The minimum absolute atomic E-state index is 0.0317. The van der Waals surface area contributed by atoms with Crippen molar-refractivity contribution in [3.8, 4) is 0 Å². The molecule has 0 aliphatic heterocycles. The van der Waals surface area contributed by atoms with Gasteiger partial charge in [0.25, 0.3) is 6.43 Å². The summed E-state index contributed by atoms with van der Waals surface area (Å²) < 4.78 is 29.4. The number of esters is 1. The van der Waals surface area contributed by atoms with Gasteiger partial charge in [0.2, 0.25) is 4.60 Å². The SMILES string of the molecule is CCOC(=O)c1cc(C(F)F)c(Br)nc1[N+](=O)[O-]. The molecule has 0 saturated carbocycles. The van der Waals surface area contributed by atoms with E-state index in [4.69, 9.17) is 0 Å². The van der Waals surface area contributed by atoms with Gasteiger partial charge in [0, 0.05) is 15.9 Å². The average Bonchev–Trinajstić information content (AvgIpc) is 2.28. The molecule has 0 atom stereocenters. The van der Waals surface area contributed by atoms with Gasteiger partial charge < -0.3 is 14.9 Å². The highest BCUT2D eigenvalue weighted by Crippen LogP contribution is 2.30. The largest absolute Gasteiger partial charge is 0.462 e. The van der Waals surface area contributed by atoms with Crippen molar-refractivity contribution in [2.75, 3.05) is 6.61 Å². The van der Waals surface area contributed by atoms with Crippen molar-refractivity contribution in [2.24, 2.45) is 0 Å². The normalized spacial score (nSPS) is 10.5. The Labute approximate surface area is 108 Å². The monoisotopic (exact) mass is 324 g/mol. The number of nitrogens with zero attached hydrogens (tertiary/aromatic N) is 2. The summed E-state index contributed by atoms with van der Waals surface area (Å²) in [5, 5.41) is 10.7. The smallest absolute Gasteiger partial charge is 0.379 e. The Bertz CT molecular complexity index is 496. The summed E-state index contributed by atoms with van der Waals surface area (Å²) in [5.41, 5.74) is -1.20. The third-order valence-corrected chi connectivity index (χ3v) is 2.52. The lowest BCUT2D eigenvalue weighted by molar-refractivity contribution is -0.390. The van der Waals surface area contributed by atoms with E-state index in [1.165, 1.54) is 6.92 Å². The molecule has 0 saturated heterocycles. The second-order valence-corrected chi connectivity index (χ2v) is 3.77. The van der Waals surface area contributed by atoms with Gasteiger partial charge in [-0.3, -0.25) is 0 Å². The zero-order valence-electron chi connectivity index (χ0n) is 9.02. The van der Waals surface area contributed by atoms with Crippen LogP contribution in [0.25, 0.3) is 0 Å². The van der Waals surface area contributed by atoms with E-state index < -0.39 is 34.3 Å². The summed E-state index contributed by atoms with van der Waals surface area (Å²) in [5.74, 6) is -1.89. The lowest BCUT2D eigenvalue weighted by atomic mass is 10.2. The van der Waals surface area contributed by atoms with E-state index in [1.54, 1.807) is 0 Å². The van der Waals surface area contributed by atoms with E-state index in [-0.39, 0.29) is 11.2 Å². The summed E-state index contributed by atoms with van der Waals surface area (Å²) in [6, 6.07) is 0.706. The van der Waals surface area contributed by atoms with Gasteiger partial charge in [-0.05, 0) is 22.9 Å². The molecule has 9 heteroatoms. The topological polar surface area (TPSA) is 82.3 Å². The molecule has 18 heavy (non-hydrogen) atoms. The minimum Gasteiger partial charge on any atom is -0.462 e. The predicted molar refractivity (Wildman–Crippen MR) is 59.5 cm³/mol. The van der Waals surface area contributed by atoms with E-state index in [2.05, 4.69) is 25.7 Å². The van der Waals surface area contributed by atoms with Crippen LogP contribution in [0.4, 0.5) is 14.6 Å². The third kappa shape index (κ3) is 2.97. The van der Waals surface area contributed by atoms with Crippen molar-refractivity contribution in [1.29, 1.82) is 0 Å². The van der Waals surface area contributed by atoms with Crippen molar-refractivity contribution < 1.29 is 23.2 Å². The van der Waals surface area contributed by atoms with Crippen LogP contribution in [0.1, 0.15) is 29.3 Å². The molecule has 6 nitrogen and oxygen atoms in total. The molecule has 98 valence electrons. The molecule has 0 aliphatic rings. The molecular weight excluding hydrogens is 318 g/mol. The number of carbonyl (C=O) groups excluding carboxylic acids is 1. The van der Waals surface area contributed by atoms with E-state index in [0.29, 0.717) is 6.07 Å². The van der Waals surface area contributed by atoms with Crippen molar-refractivity contribution in [1.82, 2.24) is 4.98 Å². The van der Waals surface area contributed by atoms with Gasteiger partial charge in [-0.25, -0.2) is 13.6 Å². The highest BCUT2D eigenvalue weighted by Gasteiger charge is 2.29. The molecule has 0 spiro atoms. The van der Waals surface area contributed by atoms with E-state index in [1.807, 2.05) is 0 Å². The van der Waals surface area contributed by atoms with Crippen molar-refractivity contribution in [2.45, 2.75) is 13.3 Å². The Morgan fingerprint density at radius 3 is 2.72 bits per heavy atom. The molecule has 0 aromatic carbocycles. The van der Waals surface area contributed by atoms with Crippen LogP contribution in [0.2, 0.25) is 0 Å². The summed E-state index contributed by atoms with van der Waals surface area (Å²) in [6.07, 6.45) is -2.92. The van der Waals surface area contributed by atoms with Crippen LogP contribution in [-0.2, 0) is 4.74 Å². The molecule has 0 fully saturated rings. The molecule has 0 N–H and O–H groups in total. The summed E-state index contributed by atoms with van der Waals surface area (Å²) in [4.78, 5) is 24.5. The van der Waals surface area contributed by atoms with Crippen LogP contribution in [-0.4, -0.2) is 22.5 Å². The van der Waals surface area contributed by atoms with Crippen molar-refractivity contribution >= 4 is 27.7 Å². The zero-order valence-corrected chi connectivity index (χ0v) is 10.6. The molecule has 1 aromatic heterocycles. The minimum atomic E-state index is -2.92. The fourth-order valence-corrected chi connectivity index (χ4v) is 1.60. The fraction of sp³-hybridized carbons (Fsp3) is 0.333. The number of nitro groups is 1. The van der Waals surface area contributed by atoms with E-state index in [9.17, 15) is 23.7 Å². The first-order chi connectivity index (χ1) is 8.38. The summed E-state index contributed by atoms with van der Waals surface area (Å²) in [7, 11) is 0. The van der Waals surface area contributed by atoms with Crippen LogP contribution in [0.5, 0.6) is 0 Å². The van der Waals surface area contributed by atoms with Gasteiger partial charge in [-0.1, -0.05) is 0 Å². The van der Waals surface area contributed by atoms with Gasteiger partial charge in [0.1, 0.15) is 0 Å². The van der Waals surface area contributed by atoms with Crippen LogP contribution in [0.3, 0.4) is 0 Å². The summed E-state index contributed by atoms with van der Waals surface area (Å²) >= 11 is 2.69. The van der Waals surface area contributed by atoms with Crippen LogP contribution in [0, 0.1) is 10.1 Å². The molecule has 1 heterocycles. The molecule has 0 radical (unpaired) electrons. The molecule has 0 aliphatic carbocycles. The first-order valence-electron chi connectivity index (χ1n) is 4.68. The number of carbonyl (C=O) groups is 1. The first-order valence-corrected chi connectivity index (χ1v) is 5.47. The van der Waals surface area contributed by atoms with Gasteiger partial charge in [0.15, 0.2) is 5.56 Å². The molecule has 0 unspecified atom stereocenters. The van der Waals surface area contributed by atoms with Crippen LogP contribution in [0.15, 0.2) is 10.7 Å². The molecule has 1 aromatic rings. The van der Waals surface area contributed by atoms with Gasteiger partial charge in [-0.15, -0.1) is 0 Å². The molecule has 1 rings (SSSR count). The zero-order chi connectivity index (χ0) is 13.9. The second kappa shape index (κ2) is 5.80. The Balaban J connectivity index is 3.40. The molecular formula is C9H7BrF2N2O4. The second-order valence-electron chi connectivity index (χ2n) is 3.02. The Hall–Kier alpha value is -1.64. The Morgan fingerprint density at radius 2 is 2.28 bits per heavy atom. The van der Waals surface area contributed by atoms with E-state index >= 15 is 0 Å². The maximum atomic E-state index is 12.6. The summed E-state index contributed by atoms with van der Waals surface area (Å²) in [6.45, 7) is 1.46. The lowest BCUT2D eigenvalue weighted by Crippen LogP contribution is -2.11.